The van der Waals surface area contributed by atoms with Crippen molar-refractivity contribution in [2.24, 2.45) is 5.92 Å². The van der Waals surface area contributed by atoms with Gasteiger partial charge in [0.2, 0.25) is 0 Å². The van der Waals surface area contributed by atoms with Gasteiger partial charge in [-0.2, -0.15) is 0 Å². The number of sulfone groups is 1. The number of aliphatic carboxylic acids is 1. The van der Waals surface area contributed by atoms with Gasteiger partial charge in [0.1, 0.15) is 0 Å². The Hall–Kier alpha value is -0.580. The highest BCUT2D eigenvalue weighted by Crippen LogP contribution is 2.10. The van der Waals surface area contributed by atoms with Crippen molar-refractivity contribution in [1.82, 2.24) is 0 Å². The van der Waals surface area contributed by atoms with Gasteiger partial charge >= 0.3 is 5.97 Å². The van der Waals surface area contributed by atoms with Crippen LogP contribution in [0.15, 0.2) is 0 Å². The molecule has 0 fully saturated rings. The maximum Gasteiger partial charge on any atom is 0.307 e. The van der Waals surface area contributed by atoms with Gasteiger partial charge in [0.15, 0.2) is 9.84 Å². The van der Waals surface area contributed by atoms with Crippen LogP contribution in [-0.2, 0) is 14.6 Å². The minimum atomic E-state index is -3.21. The topological polar surface area (TPSA) is 71.4 Å². The second-order valence-electron chi connectivity index (χ2n) is 5.33. The second-order valence-corrected chi connectivity index (χ2v) is 7.56. The summed E-state index contributed by atoms with van der Waals surface area (Å²) in [4.78, 5) is 10.6. The molecule has 0 aliphatic heterocycles. The van der Waals surface area contributed by atoms with Crippen LogP contribution in [0.5, 0.6) is 0 Å². The minimum absolute atomic E-state index is 0.125. The number of carbonyl (C=O) groups is 1. The Bertz CT molecular complexity index is 335. The number of rotatable bonds is 12. The van der Waals surface area contributed by atoms with Crippen LogP contribution in [0.4, 0.5) is 0 Å². The zero-order valence-corrected chi connectivity index (χ0v) is 13.0. The molecule has 1 N–H and O–H groups in total. The molecule has 0 saturated carbocycles. The van der Waals surface area contributed by atoms with Crippen LogP contribution in [-0.4, -0.2) is 31.0 Å². The lowest BCUT2D eigenvalue weighted by molar-refractivity contribution is -0.140. The first-order chi connectivity index (χ1) is 8.89. The molecule has 1 unspecified atom stereocenters. The number of unbranched alkanes of at least 4 members (excludes halogenated alkanes) is 7. The fourth-order valence-corrected chi connectivity index (χ4v) is 3.71. The first-order valence-corrected chi connectivity index (χ1v) is 9.14. The van der Waals surface area contributed by atoms with Crippen LogP contribution < -0.4 is 0 Å². The predicted molar refractivity (Wildman–Crippen MR) is 78.1 cm³/mol. The van der Waals surface area contributed by atoms with E-state index in [1.807, 2.05) is 0 Å². The highest BCUT2D eigenvalue weighted by molar-refractivity contribution is 7.91. The minimum Gasteiger partial charge on any atom is -0.481 e. The van der Waals surface area contributed by atoms with Crippen molar-refractivity contribution in [2.75, 3.05) is 11.5 Å². The van der Waals surface area contributed by atoms with Gasteiger partial charge in [-0.25, -0.2) is 8.42 Å². The summed E-state index contributed by atoms with van der Waals surface area (Å²) < 4.78 is 23.3. The molecule has 0 aromatic rings. The molecule has 0 heterocycles. The quantitative estimate of drug-likeness (QED) is 0.560. The van der Waals surface area contributed by atoms with E-state index in [9.17, 15) is 13.2 Å². The molecule has 0 aliphatic rings. The van der Waals surface area contributed by atoms with E-state index in [1.54, 1.807) is 0 Å². The van der Waals surface area contributed by atoms with E-state index in [2.05, 4.69) is 6.92 Å². The van der Waals surface area contributed by atoms with Gasteiger partial charge in [-0.05, 0) is 6.42 Å². The third kappa shape index (κ3) is 11.0. The van der Waals surface area contributed by atoms with E-state index in [4.69, 9.17) is 5.11 Å². The predicted octanol–water partition coefficient (Wildman–Crippen LogP) is 3.26. The van der Waals surface area contributed by atoms with Crippen molar-refractivity contribution >= 4 is 15.8 Å². The molecule has 0 aromatic heterocycles. The van der Waals surface area contributed by atoms with Crippen molar-refractivity contribution in [3.8, 4) is 0 Å². The van der Waals surface area contributed by atoms with E-state index in [0.717, 1.165) is 12.8 Å². The molecule has 0 saturated heterocycles. The average molecular weight is 292 g/mol. The maximum absolute atomic E-state index is 11.7. The van der Waals surface area contributed by atoms with Crippen molar-refractivity contribution < 1.29 is 18.3 Å². The van der Waals surface area contributed by atoms with Crippen LogP contribution in [0.1, 0.15) is 65.2 Å². The molecule has 1 atom stereocenters. The Morgan fingerprint density at radius 3 is 1.95 bits per heavy atom. The smallest absolute Gasteiger partial charge is 0.307 e. The maximum atomic E-state index is 11.7. The molecule has 0 aliphatic carbocycles. The monoisotopic (exact) mass is 292 g/mol. The van der Waals surface area contributed by atoms with Gasteiger partial charge in [-0.1, -0.05) is 58.8 Å². The summed E-state index contributed by atoms with van der Waals surface area (Å²) in [6, 6.07) is 0. The lowest BCUT2D eigenvalue weighted by Gasteiger charge is -2.07. The molecule has 4 nitrogen and oxygen atoms in total. The van der Waals surface area contributed by atoms with Crippen LogP contribution >= 0.6 is 0 Å². The van der Waals surface area contributed by atoms with Crippen LogP contribution in [0.3, 0.4) is 0 Å². The summed E-state index contributed by atoms with van der Waals surface area (Å²) in [7, 11) is -3.21. The fourth-order valence-electron chi connectivity index (χ4n) is 1.99. The van der Waals surface area contributed by atoms with E-state index < -0.39 is 21.7 Å². The van der Waals surface area contributed by atoms with Crippen LogP contribution in [0.25, 0.3) is 0 Å². The summed E-state index contributed by atoms with van der Waals surface area (Å²) in [5.41, 5.74) is 0. The lowest BCUT2D eigenvalue weighted by atomic mass is 10.1. The largest absolute Gasteiger partial charge is 0.481 e. The highest BCUT2D eigenvalue weighted by atomic mass is 32.2. The van der Waals surface area contributed by atoms with Crippen LogP contribution in [0.2, 0.25) is 0 Å². The Morgan fingerprint density at radius 2 is 1.47 bits per heavy atom. The first kappa shape index (κ1) is 18.4. The fraction of sp³-hybridized carbons (Fsp3) is 0.929. The highest BCUT2D eigenvalue weighted by Gasteiger charge is 2.20. The van der Waals surface area contributed by atoms with Gasteiger partial charge < -0.3 is 5.11 Å². The van der Waals surface area contributed by atoms with Gasteiger partial charge in [0.05, 0.1) is 17.4 Å². The Kier molecular flexibility index (Phi) is 9.92. The van der Waals surface area contributed by atoms with Gasteiger partial charge in [-0.15, -0.1) is 0 Å². The summed E-state index contributed by atoms with van der Waals surface area (Å²) in [6.07, 6.45) is 8.84. The van der Waals surface area contributed by atoms with Crippen LogP contribution in [0, 0.1) is 5.92 Å². The summed E-state index contributed by atoms with van der Waals surface area (Å²) in [5, 5.41) is 8.69. The Morgan fingerprint density at radius 1 is 1.00 bits per heavy atom. The normalized spacial score (nSPS) is 13.4. The third-order valence-electron chi connectivity index (χ3n) is 3.23. The summed E-state index contributed by atoms with van der Waals surface area (Å²) in [5.74, 6) is -1.96. The molecule has 0 aromatic carbocycles. The Balaban J connectivity index is 3.62. The standard InChI is InChI=1S/C14H28O4S/c1-3-4-5-6-7-8-9-10-11-19(17,18)12-13(2)14(15)16/h13H,3-12H2,1-2H3,(H,15,16). The molecule has 0 rings (SSSR count). The van der Waals surface area contributed by atoms with Gasteiger partial charge in [0, 0.05) is 0 Å². The molecule has 114 valence electrons. The molecule has 0 bridgehead atoms. The van der Waals surface area contributed by atoms with E-state index in [0.29, 0.717) is 6.42 Å². The molecular formula is C14H28O4S. The van der Waals surface area contributed by atoms with Gasteiger partial charge in [0.25, 0.3) is 0 Å². The molecular weight excluding hydrogens is 264 g/mol. The molecule has 0 radical (unpaired) electrons. The molecule has 0 spiro atoms. The number of hydrogen-bond donors (Lipinski definition) is 1. The number of hydrogen-bond acceptors (Lipinski definition) is 3. The first-order valence-electron chi connectivity index (χ1n) is 7.32. The molecule has 19 heavy (non-hydrogen) atoms. The van der Waals surface area contributed by atoms with Gasteiger partial charge in [-0.3, -0.25) is 4.79 Å². The summed E-state index contributed by atoms with van der Waals surface area (Å²) >= 11 is 0. The van der Waals surface area contributed by atoms with Crippen molar-refractivity contribution in [3.05, 3.63) is 0 Å². The van der Waals surface area contributed by atoms with E-state index >= 15 is 0 Å². The summed E-state index contributed by atoms with van der Waals surface area (Å²) in [6.45, 7) is 3.62. The lowest BCUT2D eigenvalue weighted by Crippen LogP contribution is -2.22. The zero-order chi connectivity index (χ0) is 14.7. The van der Waals surface area contributed by atoms with Crippen molar-refractivity contribution in [2.45, 2.75) is 65.2 Å². The second kappa shape index (κ2) is 10.2. The SMILES string of the molecule is CCCCCCCCCCS(=O)(=O)CC(C)C(=O)O. The zero-order valence-electron chi connectivity index (χ0n) is 12.2. The average Bonchev–Trinajstić information content (AvgIpc) is 2.31. The van der Waals surface area contributed by atoms with E-state index in [1.165, 1.54) is 39.0 Å². The van der Waals surface area contributed by atoms with E-state index in [-0.39, 0.29) is 11.5 Å². The number of carboxylic acids is 1. The third-order valence-corrected chi connectivity index (χ3v) is 5.15. The molecule has 5 heteroatoms. The van der Waals surface area contributed by atoms with Crippen molar-refractivity contribution in [3.63, 3.8) is 0 Å². The van der Waals surface area contributed by atoms with Crippen molar-refractivity contribution in [1.29, 1.82) is 0 Å². The Labute approximate surface area is 117 Å². The number of carboxylic acid groups (broad SMARTS) is 1. The molecule has 0 amide bonds.